The number of aryl methyl sites for hydroxylation is 1. The minimum Gasteiger partial charge on any atom is -0.462 e. The average molecular weight is 356 g/mol. The molecule has 0 aliphatic heterocycles. The number of halogens is 1. The van der Waals surface area contributed by atoms with Gasteiger partial charge in [0, 0.05) is 13.1 Å². The van der Waals surface area contributed by atoms with Gasteiger partial charge < -0.3 is 9.64 Å². The first-order valence-electron chi connectivity index (χ1n) is 7.92. The molecule has 2 rings (SSSR count). The Bertz CT molecular complexity index is 696. The molecular formula is C16H22ClN3O2S. The lowest BCUT2D eigenvalue weighted by Crippen LogP contribution is -2.26. The van der Waals surface area contributed by atoms with E-state index in [9.17, 15) is 4.79 Å². The van der Waals surface area contributed by atoms with E-state index in [1.807, 2.05) is 6.92 Å². The van der Waals surface area contributed by atoms with Crippen molar-refractivity contribution in [1.82, 2.24) is 9.97 Å². The quantitative estimate of drug-likeness (QED) is 0.542. The molecule has 0 radical (unpaired) electrons. The molecule has 0 N–H and O–H groups in total. The molecule has 0 saturated carbocycles. The fraction of sp³-hybridized carbons (Fsp3) is 0.562. The van der Waals surface area contributed by atoms with Crippen molar-refractivity contribution in [3.63, 3.8) is 0 Å². The number of nitrogens with zero attached hydrogens (tertiary/aromatic N) is 3. The summed E-state index contributed by atoms with van der Waals surface area (Å²) in [5.74, 6) is 0.501. The Labute approximate surface area is 145 Å². The third-order valence-corrected chi connectivity index (χ3v) is 4.83. The van der Waals surface area contributed by atoms with E-state index >= 15 is 0 Å². The number of esters is 1. The van der Waals surface area contributed by atoms with Crippen molar-refractivity contribution in [2.24, 2.45) is 0 Å². The lowest BCUT2D eigenvalue weighted by Gasteiger charge is -2.23. The van der Waals surface area contributed by atoms with Crippen LogP contribution in [0.2, 0.25) is 5.28 Å². The van der Waals surface area contributed by atoms with Gasteiger partial charge in [-0.3, -0.25) is 0 Å². The van der Waals surface area contributed by atoms with Crippen molar-refractivity contribution in [3.05, 3.63) is 15.7 Å². The Hall–Kier alpha value is -1.40. The van der Waals surface area contributed by atoms with Crippen LogP contribution in [-0.4, -0.2) is 35.6 Å². The third kappa shape index (κ3) is 3.75. The van der Waals surface area contributed by atoms with Gasteiger partial charge in [-0.1, -0.05) is 13.8 Å². The highest BCUT2D eigenvalue weighted by molar-refractivity contribution is 7.20. The Morgan fingerprint density at radius 3 is 2.43 bits per heavy atom. The van der Waals surface area contributed by atoms with E-state index in [1.165, 1.54) is 11.3 Å². The van der Waals surface area contributed by atoms with Gasteiger partial charge in [0.15, 0.2) is 0 Å². The number of hydrogen-bond acceptors (Lipinski definition) is 6. The second kappa shape index (κ2) is 7.93. The Morgan fingerprint density at radius 1 is 1.22 bits per heavy atom. The summed E-state index contributed by atoms with van der Waals surface area (Å²) in [7, 11) is 0. The molecule has 0 fully saturated rings. The van der Waals surface area contributed by atoms with E-state index in [0.717, 1.165) is 47.5 Å². The van der Waals surface area contributed by atoms with Crippen LogP contribution in [0.25, 0.3) is 10.2 Å². The first kappa shape index (κ1) is 17.9. The zero-order valence-corrected chi connectivity index (χ0v) is 15.6. The molecule has 126 valence electrons. The van der Waals surface area contributed by atoms with Crippen LogP contribution in [-0.2, 0) is 4.74 Å². The molecule has 0 amide bonds. The van der Waals surface area contributed by atoms with E-state index in [1.54, 1.807) is 6.92 Å². The molecule has 7 heteroatoms. The van der Waals surface area contributed by atoms with E-state index in [4.69, 9.17) is 16.3 Å². The van der Waals surface area contributed by atoms with Crippen molar-refractivity contribution in [2.45, 2.75) is 40.5 Å². The van der Waals surface area contributed by atoms with Crippen LogP contribution < -0.4 is 4.90 Å². The lowest BCUT2D eigenvalue weighted by molar-refractivity contribution is 0.0531. The molecule has 5 nitrogen and oxygen atoms in total. The number of ether oxygens (including phenoxy) is 1. The second-order valence-corrected chi connectivity index (χ2v) is 6.60. The van der Waals surface area contributed by atoms with E-state index in [-0.39, 0.29) is 11.3 Å². The molecule has 0 atom stereocenters. The van der Waals surface area contributed by atoms with Gasteiger partial charge in [0.25, 0.3) is 0 Å². The number of carbonyl (C=O) groups is 1. The molecule has 2 aromatic heterocycles. The van der Waals surface area contributed by atoms with Crippen molar-refractivity contribution < 1.29 is 9.53 Å². The van der Waals surface area contributed by atoms with Crippen molar-refractivity contribution in [3.8, 4) is 0 Å². The smallest absolute Gasteiger partial charge is 0.348 e. The number of carbonyl (C=O) groups excluding carboxylic acids is 1. The first-order valence-corrected chi connectivity index (χ1v) is 9.11. The molecule has 0 aliphatic rings. The van der Waals surface area contributed by atoms with Gasteiger partial charge >= 0.3 is 5.97 Å². The maximum atomic E-state index is 12.1. The largest absolute Gasteiger partial charge is 0.462 e. The molecular weight excluding hydrogens is 334 g/mol. The van der Waals surface area contributed by atoms with Crippen LogP contribution in [0.15, 0.2) is 0 Å². The third-order valence-electron chi connectivity index (χ3n) is 3.49. The second-order valence-electron chi connectivity index (χ2n) is 5.26. The molecule has 23 heavy (non-hydrogen) atoms. The van der Waals surface area contributed by atoms with Crippen LogP contribution in [0, 0.1) is 6.92 Å². The standard InChI is InChI=1S/C16H22ClN3O2S/c1-5-8-20(9-6-2)13-11-10(4)12(15(21)22-7-3)23-14(11)19-16(17)18-13/h5-9H2,1-4H3. The predicted molar refractivity (Wildman–Crippen MR) is 95.9 cm³/mol. The molecule has 0 unspecified atom stereocenters. The van der Waals surface area contributed by atoms with Gasteiger partial charge in [0.05, 0.1) is 12.0 Å². The van der Waals surface area contributed by atoms with Gasteiger partial charge in [0.1, 0.15) is 15.5 Å². The zero-order valence-electron chi connectivity index (χ0n) is 14.0. The SMILES string of the molecule is CCCN(CCC)c1nc(Cl)nc2sc(C(=O)OCC)c(C)c12. The van der Waals surface area contributed by atoms with Crippen molar-refractivity contribution >= 4 is 44.9 Å². The molecule has 0 bridgehead atoms. The van der Waals surface area contributed by atoms with Gasteiger partial charge in [-0.15, -0.1) is 11.3 Å². The van der Waals surface area contributed by atoms with Crippen LogP contribution in [0.1, 0.15) is 48.8 Å². The summed E-state index contributed by atoms with van der Waals surface area (Å²) in [4.78, 5) is 24.4. The van der Waals surface area contributed by atoms with E-state index in [0.29, 0.717) is 11.5 Å². The molecule has 0 saturated heterocycles. The summed E-state index contributed by atoms with van der Waals surface area (Å²) >= 11 is 7.43. The maximum Gasteiger partial charge on any atom is 0.348 e. The summed E-state index contributed by atoms with van der Waals surface area (Å²) in [6, 6.07) is 0. The Balaban J connectivity index is 2.62. The number of fused-ring (bicyclic) bond motifs is 1. The van der Waals surface area contributed by atoms with Crippen molar-refractivity contribution in [2.75, 3.05) is 24.6 Å². The maximum absolute atomic E-state index is 12.1. The lowest BCUT2D eigenvalue weighted by atomic mass is 10.2. The Kier molecular flexibility index (Phi) is 6.18. The summed E-state index contributed by atoms with van der Waals surface area (Å²) < 4.78 is 5.14. The molecule has 2 aromatic rings. The molecule has 0 spiro atoms. The van der Waals surface area contributed by atoms with Gasteiger partial charge in [-0.2, -0.15) is 4.98 Å². The topological polar surface area (TPSA) is 55.3 Å². The van der Waals surface area contributed by atoms with Crippen LogP contribution in [0.3, 0.4) is 0 Å². The highest BCUT2D eigenvalue weighted by Gasteiger charge is 2.23. The van der Waals surface area contributed by atoms with Gasteiger partial charge in [-0.05, 0) is 43.9 Å². The number of hydrogen-bond donors (Lipinski definition) is 0. The number of thiophene rings is 1. The minimum atomic E-state index is -0.312. The first-order chi connectivity index (χ1) is 11.0. The predicted octanol–water partition coefficient (Wildman–Crippen LogP) is 4.46. The molecule has 2 heterocycles. The normalized spacial score (nSPS) is 11.0. The highest BCUT2D eigenvalue weighted by Crippen LogP contribution is 2.36. The number of anilines is 1. The van der Waals surface area contributed by atoms with Gasteiger partial charge in [-0.25, -0.2) is 9.78 Å². The molecule has 0 aliphatic carbocycles. The summed E-state index contributed by atoms with van der Waals surface area (Å²) in [6.07, 6.45) is 2.02. The van der Waals surface area contributed by atoms with Crippen molar-refractivity contribution in [1.29, 1.82) is 0 Å². The summed E-state index contributed by atoms with van der Waals surface area (Å²) in [5, 5.41) is 1.12. The summed E-state index contributed by atoms with van der Waals surface area (Å²) in [6.45, 7) is 10.1. The number of rotatable bonds is 7. The minimum absolute atomic E-state index is 0.210. The average Bonchev–Trinajstić information content (AvgIpc) is 2.83. The van der Waals surface area contributed by atoms with Crippen LogP contribution in [0.4, 0.5) is 5.82 Å². The van der Waals surface area contributed by atoms with E-state index in [2.05, 4.69) is 28.7 Å². The monoisotopic (exact) mass is 355 g/mol. The van der Waals surface area contributed by atoms with Crippen LogP contribution >= 0.6 is 22.9 Å². The molecule has 0 aromatic carbocycles. The number of aromatic nitrogens is 2. The fourth-order valence-corrected chi connectivity index (χ4v) is 3.86. The van der Waals surface area contributed by atoms with Gasteiger partial charge in [0.2, 0.25) is 5.28 Å². The van der Waals surface area contributed by atoms with E-state index < -0.39 is 0 Å². The Morgan fingerprint density at radius 2 is 1.87 bits per heavy atom. The summed E-state index contributed by atoms with van der Waals surface area (Å²) in [5.41, 5.74) is 0.868. The van der Waals surface area contributed by atoms with Crippen LogP contribution in [0.5, 0.6) is 0 Å². The highest BCUT2D eigenvalue weighted by atomic mass is 35.5. The fourth-order valence-electron chi connectivity index (χ4n) is 2.58. The zero-order chi connectivity index (χ0) is 17.0.